The van der Waals surface area contributed by atoms with Crippen LogP contribution in [0.4, 0.5) is 4.39 Å². The number of hydrogen-bond acceptors (Lipinski definition) is 3. The fraction of sp³-hybridized carbons (Fsp3) is 0.231. The van der Waals surface area contributed by atoms with E-state index in [1.807, 2.05) is 41.2 Å². The van der Waals surface area contributed by atoms with Gasteiger partial charge in [-0.15, -0.1) is 0 Å². The predicted octanol–water partition coefficient (Wildman–Crippen LogP) is 5.08. The number of amides is 1. The number of benzene rings is 3. The summed E-state index contributed by atoms with van der Waals surface area (Å²) in [4.78, 5) is 15.0. The molecular formula is C26H22FN3O2. The number of para-hydroxylation sites is 1. The van der Waals surface area contributed by atoms with Gasteiger partial charge in [0.2, 0.25) is 0 Å². The van der Waals surface area contributed by atoms with Crippen LogP contribution in [-0.2, 0) is 0 Å². The van der Waals surface area contributed by atoms with Gasteiger partial charge in [0.05, 0.1) is 25.3 Å². The van der Waals surface area contributed by atoms with E-state index in [1.165, 1.54) is 18.9 Å². The molecule has 0 spiro atoms. The van der Waals surface area contributed by atoms with Crippen molar-refractivity contribution >= 4 is 16.7 Å². The molecule has 2 fully saturated rings. The van der Waals surface area contributed by atoms with Crippen molar-refractivity contribution in [2.24, 2.45) is 0 Å². The van der Waals surface area contributed by atoms with Crippen LogP contribution < -0.4 is 4.74 Å². The highest BCUT2D eigenvalue weighted by Gasteiger charge is 2.34. The second-order valence-corrected chi connectivity index (χ2v) is 8.53. The number of hydrogen-bond donors (Lipinski definition) is 0. The van der Waals surface area contributed by atoms with Gasteiger partial charge in [0.1, 0.15) is 6.10 Å². The topological polar surface area (TPSA) is 47.4 Å². The van der Waals surface area contributed by atoms with E-state index >= 15 is 0 Å². The molecule has 32 heavy (non-hydrogen) atoms. The Labute approximate surface area is 185 Å². The number of ether oxygens (including phenoxy) is 1. The van der Waals surface area contributed by atoms with E-state index in [-0.39, 0.29) is 23.6 Å². The number of nitrogens with zero attached hydrogens (tertiary/aromatic N) is 3. The molecule has 0 N–H and O–H groups in total. The first-order valence-corrected chi connectivity index (χ1v) is 10.9. The molecule has 0 atom stereocenters. The first-order valence-electron chi connectivity index (χ1n) is 10.9. The van der Waals surface area contributed by atoms with Crippen molar-refractivity contribution in [3.05, 3.63) is 84.4 Å². The van der Waals surface area contributed by atoms with Crippen LogP contribution in [0.5, 0.6) is 5.75 Å². The number of aromatic nitrogens is 2. The average molecular weight is 427 g/mol. The third-order valence-electron chi connectivity index (χ3n) is 6.25. The molecule has 160 valence electrons. The van der Waals surface area contributed by atoms with Crippen molar-refractivity contribution in [1.82, 2.24) is 14.7 Å². The van der Waals surface area contributed by atoms with Gasteiger partial charge in [0, 0.05) is 17.3 Å². The Bertz CT molecular complexity index is 1320. The molecule has 0 unspecified atom stereocenters. The molecule has 2 aliphatic rings. The van der Waals surface area contributed by atoms with Gasteiger partial charge in [-0.1, -0.05) is 42.5 Å². The van der Waals surface area contributed by atoms with Gasteiger partial charge in [-0.25, -0.2) is 4.39 Å². The molecule has 1 aliphatic carbocycles. The fourth-order valence-electron chi connectivity index (χ4n) is 4.32. The van der Waals surface area contributed by atoms with E-state index in [2.05, 4.69) is 17.4 Å². The molecule has 1 aliphatic heterocycles. The maximum absolute atomic E-state index is 13.8. The Kier molecular flexibility index (Phi) is 4.45. The first kappa shape index (κ1) is 19.0. The van der Waals surface area contributed by atoms with Crippen LogP contribution in [0, 0.1) is 5.82 Å². The lowest BCUT2D eigenvalue weighted by atomic mass is 9.95. The standard InChI is InChI=1S/C26H22FN3O2/c27-24-7-3-4-8-25(24)32-19-15-29(16-19)26(31)23-12-11-20(21-5-1-2-6-22(21)23)17-13-28-30(14-17)18-9-10-18/h1-8,11-14,18-19H,9-10,15-16H2. The summed E-state index contributed by atoms with van der Waals surface area (Å²) in [5.41, 5.74) is 2.81. The van der Waals surface area contributed by atoms with Crippen molar-refractivity contribution in [3.8, 4) is 16.9 Å². The van der Waals surface area contributed by atoms with Crippen LogP contribution in [-0.4, -0.2) is 39.8 Å². The average Bonchev–Trinajstić information content (AvgIpc) is 3.53. The lowest BCUT2D eigenvalue weighted by Gasteiger charge is -2.39. The van der Waals surface area contributed by atoms with Crippen molar-refractivity contribution in [2.45, 2.75) is 25.0 Å². The molecule has 1 saturated heterocycles. The normalized spacial score (nSPS) is 16.2. The number of rotatable bonds is 5. The maximum atomic E-state index is 13.8. The van der Waals surface area contributed by atoms with E-state index < -0.39 is 0 Å². The zero-order chi connectivity index (χ0) is 21.7. The highest BCUT2D eigenvalue weighted by Crippen LogP contribution is 2.37. The van der Waals surface area contributed by atoms with Gasteiger partial charge < -0.3 is 9.64 Å². The largest absolute Gasteiger partial charge is 0.484 e. The molecule has 3 aromatic carbocycles. The minimum absolute atomic E-state index is 0.0326. The molecule has 6 heteroatoms. The lowest BCUT2D eigenvalue weighted by molar-refractivity contribution is 0.0165. The number of halogens is 1. The van der Waals surface area contributed by atoms with Crippen LogP contribution in [0.1, 0.15) is 29.2 Å². The quantitative estimate of drug-likeness (QED) is 0.446. The number of carbonyl (C=O) groups excluding carboxylic acids is 1. The molecular weight excluding hydrogens is 405 g/mol. The van der Waals surface area contributed by atoms with Gasteiger partial charge in [-0.2, -0.15) is 5.10 Å². The van der Waals surface area contributed by atoms with Crippen molar-refractivity contribution in [1.29, 1.82) is 0 Å². The summed E-state index contributed by atoms with van der Waals surface area (Å²) in [5.74, 6) is -0.190. The van der Waals surface area contributed by atoms with Gasteiger partial charge in [-0.3, -0.25) is 9.48 Å². The first-order chi connectivity index (χ1) is 15.7. The molecule has 1 amide bonds. The van der Waals surface area contributed by atoms with Gasteiger partial charge in [0.25, 0.3) is 5.91 Å². The van der Waals surface area contributed by atoms with Crippen LogP contribution in [0.25, 0.3) is 21.9 Å². The second-order valence-electron chi connectivity index (χ2n) is 8.53. The number of likely N-dealkylation sites (tertiary alicyclic amines) is 1. The summed E-state index contributed by atoms with van der Waals surface area (Å²) >= 11 is 0. The molecule has 1 aromatic heterocycles. The monoisotopic (exact) mass is 427 g/mol. The fourth-order valence-corrected chi connectivity index (χ4v) is 4.32. The minimum atomic E-state index is -0.385. The predicted molar refractivity (Wildman–Crippen MR) is 120 cm³/mol. The smallest absolute Gasteiger partial charge is 0.254 e. The maximum Gasteiger partial charge on any atom is 0.254 e. The van der Waals surface area contributed by atoms with Gasteiger partial charge in [0.15, 0.2) is 11.6 Å². The van der Waals surface area contributed by atoms with Crippen LogP contribution in [0.2, 0.25) is 0 Å². The Morgan fingerprint density at radius 3 is 2.50 bits per heavy atom. The van der Waals surface area contributed by atoms with Gasteiger partial charge in [-0.05, 0) is 47.4 Å². The molecule has 4 aromatic rings. The van der Waals surface area contributed by atoms with Crippen LogP contribution in [0.15, 0.2) is 73.1 Å². The zero-order valence-electron chi connectivity index (χ0n) is 17.4. The van der Waals surface area contributed by atoms with E-state index in [1.54, 1.807) is 23.1 Å². The van der Waals surface area contributed by atoms with Crippen LogP contribution in [0.3, 0.4) is 0 Å². The van der Waals surface area contributed by atoms with Crippen molar-refractivity contribution < 1.29 is 13.9 Å². The summed E-state index contributed by atoms with van der Waals surface area (Å²) < 4.78 is 21.6. The molecule has 2 heterocycles. The van der Waals surface area contributed by atoms with E-state index in [4.69, 9.17) is 4.74 Å². The molecule has 5 nitrogen and oxygen atoms in total. The highest BCUT2D eigenvalue weighted by atomic mass is 19.1. The Hall–Kier alpha value is -3.67. The third-order valence-corrected chi connectivity index (χ3v) is 6.25. The van der Waals surface area contributed by atoms with Crippen molar-refractivity contribution in [2.75, 3.05) is 13.1 Å². The summed E-state index contributed by atoms with van der Waals surface area (Å²) in [6.07, 6.45) is 6.18. The summed E-state index contributed by atoms with van der Waals surface area (Å²) in [6.45, 7) is 0.884. The summed E-state index contributed by atoms with van der Waals surface area (Å²) in [6, 6.07) is 18.8. The molecule has 0 radical (unpaired) electrons. The number of fused-ring (bicyclic) bond motifs is 1. The highest BCUT2D eigenvalue weighted by molar-refractivity contribution is 6.11. The van der Waals surface area contributed by atoms with Crippen LogP contribution >= 0.6 is 0 Å². The summed E-state index contributed by atoms with van der Waals surface area (Å²) in [5, 5.41) is 6.48. The van der Waals surface area contributed by atoms with E-state index in [9.17, 15) is 9.18 Å². The number of carbonyl (C=O) groups is 1. The molecule has 1 saturated carbocycles. The Balaban J connectivity index is 1.24. The lowest BCUT2D eigenvalue weighted by Crippen LogP contribution is -2.56. The Morgan fingerprint density at radius 1 is 0.969 bits per heavy atom. The second kappa shape index (κ2) is 7.48. The van der Waals surface area contributed by atoms with Crippen molar-refractivity contribution in [3.63, 3.8) is 0 Å². The zero-order valence-corrected chi connectivity index (χ0v) is 17.4. The Morgan fingerprint density at radius 2 is 1.72 bits per heavy atom. The summed E-state index contributed by atoms with van der Waals surface area (Å²) in [7, 11) is 0. The SMILES string of the molecule is O=C(c1ccc(-c2cnn(C3CC3)c2)c2ccccc12)N1CC(Oc2ccccc2F)C1. The van der Waals surface area contributed by atoms with E-state index in [0.717, 1.165) is 21.9 Å². The molecule has 6 rings (SSSR count). The molecule has 0 bridgehead atoms. The third kappa shape index (κ3) is 3.32. The minimum Gasteiger partial charge on any atom is -0.484 e. The van der Waals surface area contributed by atoms with Gasteiger partial charge >= 0.3 is 0 Å². The van der Waals surface area contributed by atoms with E-state index in [0.29, 0.717) is 24.7 Å².